The Kier molecular flexibility index (Phi) is 5.16. The van der Waals surface area contributed by atoms with Crippen LogP contribution in [0.1, 0.15) is 38.7 Å². The lowest BCUT2D eigenvalue weighted by atomic mass is 10.1. The van der Waals surface area contributed by atoms with E-state index in [1.165, 1.54) is 6.07 Å². The smallest absolute Gasteiger partial charge is 0.126 e. The van der Waals surface area contributed by atoms with Crippen molar-refractivity contribution in [2.24, 2.45) is 0 Å². The number of halogens is 1. The van der Waals surface area contributed by atoms with Gasteiger partial charge in [-0.05, 0) is 43.5 Å². The number of hydrogen-bond donors (Lipinski definition) is 0. The summed E-state index contributed by atoms with van der Waals surface area (Å²) in [7, 11) is 0. The molecule has 0 heterocycles. The van der Waals surface area contributed by atoms with Gasteiger partial charge in [0, 0.05) is 0 Å². The zero-order valence-electron chi connectivity index (χ0n) is 9.55. The molecule has 0 atom stereocenters. The van der Waals surface area contributed by atoms with Crippen LogP contribution < -0.4 is 4.74 Å². The van der Waals surface area contributed by atoms with Crippen LogP contribution in [0, 0.1) is 5.82 Å². The molecule has 0 N–H and O–H groups in total. The van der Waals surface area contributed by atoms with E-state index in [4.69, 9.17) is 4.74 Å². The van der Waals surface area contributed by atoms with Crippen molar-refractivity contribution in [3.63, 3.8) is 0 Å². The summed E-state index contributed by atoms with van der Waals surface area (Å²) in [4.78, 5) is 0. The van der Waals surface area contributed by atoms with Gasteiger partial charge in [0.2, 0.25) is 0 Å². The van der Waals surface area contributed by atoms with E-state index in [0.29, 0.717) is 6.61 Å². The second-order valence-corrected chi connectivity index (χ2v) is 3.64. The average molecular weight is 210 g/mol. The van der Waals surface area contributed by atoms with Gasteiger partial charge in [0.15, 0.2) is 0 Å². The first-order valence-corrected chi connectivity index (χ1v) is 5.69. The molecule has 0 aliphatic carbocycles. The average Bonchev–Trinajstić information content (AvgIpc) is 2.23. The van der Waals surface area contributed by atoms with E-state index in [2.05, 4.69) is 6.92 Å². The van der Waals surface area contributed by atoms with E-state index < -0.39 is 0 Å². The molecule has 84 valence electrons. The number of aryl methyl sites for hydroxylation is 1. The van der Waals surface area contributed by atoms with Crippen LogP contribution in [-0.2, 0) is 6.42 Å². The highest BCUT2D eigenvalue weighted by Crippen LogP contribution is 2.18. The number of hydrogen-bond acceptors (Lipinski definition) is 1. The summed E-state index contributed by atoms with van der Waals surface area (Å²) in [6, 6.07) is 4.99. The minimum absolute atomic E-state index is 0.116. The highest BCUT2D eigenvalue weighted by molar-refractivity contribution is 5.29. The fourth-order valence-corrected chi connectivity index (χ4v) is 1.56. The molecule has 15 heavy (non-hydrogen) atoms. The largest absolute Gasteiger partial charge is 0.494 e. The first-order chi connectivity index (χ1) is 7.27. The zero-order valence-corrected chi connectivity index (χ0v) is 9.55. The number of ether oxygens (including phenoxy) is 1. The third-order valence-electron chi connectivity index (χ3n) is 2.38. The maximum atomic E-state index is 13.4. The lowest BCUT2D eigenvalue weighted by Gasteiger charge is -2.07. The maximum absolute atomic E-state index is 13.4. The molecule has 0 bridgehead atoms. The van der Waals surface area contributed by atoms with Crippen LogP contribution >= 0.6 is 0 Å². The number of rotatable bonds is 6. The summed E-state index contributed by atoms with van der Waals surface area (Å²) in [5, 5.41) is 0. The third-order valence-corrected chi connectivity index (χ3v) is 2.38. The van der Waals surface area contributed by atoms with Gasteiger partial charge in [-0.3, -0.25) is 0 Å². The first kappa shape index (κ1) is 12.0. The predicted octanol–water partition coefficient (Wildman–Crippen LogP) is 3.96. The highest BCUT2D eigenvalue weighted by Gasteiger charge is 2.03. The van der Waals surface area contributed by atoms with E-state index in [-0.39, 0.29) is 5.82 Å². The Hall–Kier alpha value is -1.05. The van der Waals surface area contributed by atoms with Gasteiger partial charge in [-0.25, -0.2) is 4.39 Å². The molecular weight excluding hydrogens is 191 g/mol. The van der Waals surface area contributed by atoms with Crippen LogP contribution in [-0.4, -0.2) is 6.61 Å². The Balaban J connectivity index is 2.63. The molecule has 2 heteroatoms. The standard InChI is InChI=1S/C13H19FO/c1-3-5-6-7-11-10-12(15-4-2)8-9-13(11)14/h8-10H,3-7H2,1-2H3. The van der Waals surface area contributed by atoms with Crippen molar-refractivity contribution in [1.29, 1.82) is 0 Å². The van der Waals surface area contributed by atoms with Crippen LogP contribution in [0.15, 0.2) is 18.2 Å². The number of unbranched alkanes of at least 4 members (excludes halogenated alkanes) is 2. The molecule has 0 amide bonds. The van der Waals surface area contributed by atoms with Crippen LogP contribution in [0.4, 0.5) is 4.39 Å². The molecule has 0 unspecified atom stereocenters. The Labute approximate surface area is 91.3 Å². The van der Waals surface area contributed by atoms with Crippen molar-refractivity contribution in [2.75, 3.05) is 6.61 Å². The van der Waals surface area contributed by atoms with Gasteiger partial charge < -0.3 is 4.74 Å². The molecule has 0 radical (unpaired) electrons. The normalized spacial score (nSPS) is 10.3. The van der Waals surface area contributed by atoms with Crippen molar-refractivity contribution in [1.82, 2.24) is 0 Å². The zero-order chi connectivity index (χ0) is 11.1. The highest BCUT2D eigenvalue weighted by atomic mass is 19.1. The van der Waals surface area contributed by atoms with Gasteiger partial charge >= 0.3 is 0 Å². The molecule has 0 aliphatic rings. The first-order valence-electron chi connectivity index (χ1n) is 5.69. The molecule has 1 aromatic rings. The molecule has 0 aliphatic heterocycles. The van der Waals surface area contributed by atoms with Gasteiger partial charge in [0.25, 0.3) is 0 Å². The monoisotopic (exact) mass is 210 g/mol. The molecule has 0 spiro atoms. The Morgan fingerprint density at radius 2 is 2.00 bits per heavy atom. The van der Waals surface area contributed by atoms with Crippen molar-refractivity contribution in [3.8, 4) is 5.75 Å². The van der Waals surface area contributed by atoms with Crippen molar-refractivity contribution < 1.29 is 9.13 Å². The second-order valence-electron chi connectivity index (χ2n) is 3.64. The summed E-state index contributed by atoms with van der Waals surface area (Å²) in [6.45, 7) is 4.70. The van der Waals surface area contributed by atoms with Gasteiger partial charge in [0.1, 0.15) is 11.6 Å². The quantitative estimate of drug-likeness (QED) is 0.646. The van der Waals surface area contributed by atoms with Gasteiger partial charge in [-0.1, -0.05) is 19.8 Å². The minimum Gasteiger partial charge on any atom is -0.494 e. The molecule has 0 aromatic heterocycles. The van der Waals surface area contributed by atoms with Gasteiger partial charge in [-0.2, -0.15) is 0 Å². The SMILES string of the molecule is CCCCCc1cc(OCC)ccc1F. The van der Waals surface area contributed by atoms with Crippen molar-refractivity contribution in [3.05, 3.63) is 29.6 Å². The van der Waals surface area contributed by atoms with Crippen LogP contribution in [0.2, 0.25) is 0 Å². The molecular formula is C13H19FO. The van der Waals surface area contributed by atoms with E-state index in [1.54, 1.807) is 6.07 Å². The van der Waals surface area contributed by atoms with E-state index >= 15 is 0 Å². The predicted molar refractivity (Wildman–Crippen MR) is 60.8 cm³/mol. The van der Waals surface area contributed by atoms with Crippen LogP contribution in [0.5, 0.6) is 5.75 Å². The molecule has 0 saturated carbocycles. The molecule has 0 saturated heterocycles. The van der Waals surface area contributed by atoms with E-state index in [0.717, 1.165) is 37.0 Å². The van der Waals surface area contributed by atoms with Gasteiger partial charge in [0.05, 0.1) is 6.61 Å². The summed E-state index contributed by atoms with van der Waals surface area (Å²) >= 11 is 0. The Bertz CT molecular complexity index is 297. The van der Waals surface area contributed by atoms with E-state index in [9.17, 15) is 4.39 Å². The third kappa shape index (κ3) is 3.90. The Morgan fingerprint density at radius 3 is 2.67 bits per heavy atom. The molecule has 1 aromatic carbocycles. The summed E-state index contributed by atoms with van der Waals surface area (Å²) in [5.74, 6) is 0.653. The number of benzene rings is 1. The maximum Gasteiger partial charge on any atom is 0.126 e. The molecule has 1 nitrogen and oxygen atoms in total. The lowest BCUT2D eigenvalue weighted by molar-refractivity contribution is 0.339. The van der Waals surface area contributed by atoms with Crippen LogP contribution in [0.3, 0.4) is 0 Å². The molecule has 1 rings (SSSR count). The topological polar surface area (TPSA) is 9.23 Å². The second kappa shape index (κ2) is 6.44. The summed E-state index contributed by atoms with van der Waals surface area (Å²) < 4.78 is 18.7. The van der Waals surface area contributed by atoms with Crippen molar-refractivity contribution >= 4 is 0 Å². The summed E-state index contributed by atoms with van der Waals surface area (Å²) in [6.07, 6.45) is 4.16. The molecule has 0 fully saturated rings. The fraction of sp³-hybridized carbons (Fsp3) is 0.538. The fourth-order valence-electron chi connectivity index (χ4n) is 1.56. The Morgan fingerprint density at radius 1 is 1.20 bits per heavy atom. The van der Waals surface area contributed by atoms with E-state index in [1.807, 2.05) is 13.0 Å². The van der Waals surface area contributed by atoms with Crippen LogP contribution in [0.25, 0.3) is 0 Å². The summed E-state index contributed by atoms with van der Waals surface area (Å²) in [5.41, 5.74) is 0.773. The van der Waals surface area contributed by atoms with Crippen molar-refractivity contribution in [2.45, 2.75) is 39.5 Å². The van der Waals surface area contributed by atoms with Gasteiger partial charge in [-0.15, -0.1) is 0 Å². The lowest BCUT2D eigenvalue weighted by Crippen LogP contribution is -1.95. The minimum atomic E-state index is -0.116.